The van der Waals surface area contributed by atoms with E-state index < -0.39 is 0 Å². The molecule has 0 radical (unpaired) electrons. The largest absolute Gasteiger partial charge is 0.440 e. The lowest BCUT2D eigenvalue weighted by Gasteiger charge is -2.15. The Hall–Kier alpha value is -3.41. The van der Waals surface area contributed by atoms with Crippen molar-refractivity contribution in [2.75, 3.05) is 0 Å². The molecule has 2 aromatic heterocycles. The maximum atomic E-state index is 12.7. The first-order chi connectivity index (χ1) is 14.0. The third-order valence-electron chi connectivity index (χ3n) is 4.82. The van der Waals surface area contributed by atoms with Crippen molar-refractivity contribution >= 4 is 17.0 Å². The summed E-state index contributed by atoms with van der Waals surface area (Å²) in [6.45, 7) is 6.58. The molecule has 2 heterocycles. The number of nitrogens with zero attached hydrogens (tertiary/aromatic N) is 3. The van der Waals surface area contributed by atoms with Crippen LogP contribution in [-0.2, 0) is 13.0 Å². The predicted molar refractivity (Wildman–Crippen MR) is 112 cm³/mol. The van der Waals surface area contributed by atoms with Gasteiger partial charge in [0.15, 0.2) is 11.5 Å². The fourth-order valence-corrected chi connectivity index (χ4v) is 3.43. The summed E-state index contributed by atoms with van der Waals surface area (Å²) in [5.41, 5.74) is 5.13. The van der Waals surface area contributed by atoms with Crippen LogP contribution >= 0.6 is 0 Å². The molecule has 6 nitrogen and oxygen atoms in total. The summed E-state index contributed by atoms with van der Waals surface area (Å²) in [5.74, 6) is 0.509. The highest BCUT2D eigenvalue weighted by Crippen LogP contribution is 2.19. The number of aromatic nitrogens is 3. The van der Waals surface area contributed by atoms with Gasteiger partial charge in [0.1, 0.15) is 5.52 Å². The van der Waals surface area contributed by atoms with Crippen molar-refractivity contribution in [1.82, 2.24) is 20.1 Å². The molecule has 0 saturated carbocycles. The highest BCUT2D eigenvalue weighted by atomic mass is 16.3. The molecule has 29 heavy (non-hydrogen) atoms. The van der Waals surface area contributed by atoms with Crippen LogP contribution in [-0.4, -0.2) is 26.7 Å². The number of benzene rings is 2. The van der Waals surface area contributed by atoms with Crippen LogP contribution in [0.5, 0.6) is 0 Å². The average molecular weight is 388 g/mol. The number of carbonyl (C=O) groups is 1. The number of oxazole rings is 1. The summed E-state index contributed by atoms with van der Waals surface area (Å²) in [6, 6.07) is 17.4. The number of fused-ring (bicyclic) bond motifs is 1. The average Bonchev–Trinajstić information content (AvgIpc) is 3.23. The molecule has 1 atom stereocenters. The quantitative estimate of drug-likeness (QED) is 0.541. The van der Waals surface area contributed by atoms with Gasteiger partial charge in [-0.25, -0.2) is 4.98 Å². The molecule has 0 aliphatic rings. The van der Waals surface area contributed by atoms with Crippen LogP contribution in [0.2, 0.25) is 0 Å². The molecule has 1 N–H and O–H groups in total. The first kappa shape index (κ1) is 18.9. The van der Waals surface area contributed by atoms with Crippen molar-refractivity contribution in [3.8, 4) is 0 Å². The van der Waals surface area contributed by atoms with E-state index in [1.807, 2.05) is 61.9 Å². The van der Waals surface area contributed by atoms with Gasteiger partial charge in [-0.2, -0.15) is 5.10 Å². The molecule has 0 saturated heterocycles. The number of nitrogens with one attached hydrogen (secondary N) is 1. The van der Waals surface area contributed by atoms with Crippen LogP contribution in [0.4, 0.5) is 0 Å². The molecule has 148 valence electrons. The van der Waals surface area contributed by atoms with E-state index in [9.17, 15) is 4.79 Å². The Balaban J connectivity index is 1.45. The van der Waals surface area contributed by atoms with Gasteiger partial charge in [-0.3, -0.25) is 9.48 Å². The number of rotatable bonds is 6. The van der Waals surface area contributed by atoms with E-state index in [0.717, 1.165) is 17.0 Å². The Bertz CT molecular complexity index is 1140. The molecule has 1 amide bonds. The van der Waals surface area contributed by atoms with Crippen LogP contribution in [0.1, 0.15) is 40.1 Å². The second-order valence-corrected chi connectivity index (χ2v) is 7.44. The molecule has 4 rings (SSSR count). The van der Waals surface area contributed by atoms with E-state index in [2.05, 4.69) is 15.4 Å². The Morgan fingerprint density at radius 2 is 1.93 bits per heavy atom. The molecular formula is C23H24N4O2. The number of aryl methyl sites for hydroxylation is 2. The first-order valence-electron chi connectivity index (χ1n) is 9.73. The lowest BCUT2D eigenvalue weighted by Crippen LogP contribution is -2.36. The zero-order chi connectivity index (χ0) is 20.4. The SMILES string of the molecule is Cc1cc(C)n(C[C@H](C)NC(=O)c2ccc3oc(Cc4ccccc4)nc3c2)n1. The monoisotopic (exact) mass is 388 g/mol. The fraction of sp³-hybridized carbons (Fsp3) is 0.261. The molecule has 2 aromatic carbocycles. The number of carbonyl (C=O) groups excluding carboxylic acids is 1. The molecule has 0 aliphatic carbocycles. The summed E-state index contributed by atoms with van der Waals surface area (Å²) in [5, 5.41) is 7.49. The van der Waals surface area contributed by atoms with Gasteiger partial charge in [0.25, 0.3) is 5.91 Å². The maximum Gasteiger partial charge on any atom is 0.251 e. The van der Waals surface area contributed by atoms with E-state index in [1.165, 1.54) is 0 Å². The predicted octanol–water partition coefficient (Wildman–Crippen LogP) is 4.05. The number of hydrogen-bond donors (Lipinski definition) is 1. The van der Waals surface area contributed by atoms with Crippen molar-refractivity contribution < 1.29 is 9.21 Å². The highest BCUT2D eigenvalue weighted by Gasteiger charge is 2.14. The molecule has 0 unspecified atom stereocenters. The van der Waals surface area contributed by atoms with Gasteiger partial charge >= 0.3 is 0 Å². The van der Waals surface area contributed by atoms with Gasteiger partial charge in [-0.05, 0) is 50.6 Å². The topological polar surface area (TPSA) is 73.0 Å². The van der Waals surface area contributed by atoms with E-state index in [1.54, 1.807) is 18.2 Å². The van der Waals surface area contributed by atoms with Crippen LogP contribution in [0.25, 0.3) is 11.1 Å². The smallest absolute Gasteiger partial charge is 0.251 e. The molecule has 0 fully saturated rings. The van der Waals surface area contributed by atoms with Crippen LogP contribution < -0.4 is 5.32 Å². The summed E-state index contributed by atoms with van der Waals surface area (Å²) >= 11 is 0. The molecule has 6 heteroatoms. The van der Waals surface area contributed by atoms with Gasteiger partial charge in [0.05, 0.1) is 12.2 Å². The Labute approximate surface area is 169 Å². The summed E-state index contributed by atoms with van der Waals surface area (Å²) in [6.07, 6.45) is 0.622. The number of amides is 1. The zero-order valence-corrected chi connectivity index (χ0v) is 16.8. The fourth-order valence-electron chi connectivity index (χ4n) is 3.43. The Morgan fingerprint density at radius 3 is 2.66 bits per heavy atom. The van der Waals surface area contributed by atoms with Crippen molar-refractivity contribution in [3.05, 3.63) is 83.0 Å². The Morgan fingerprint density at radius 1 is 1.14 bits per heavy atom. The van der Waals surface area contributed by atoms with Gasteiger partial charge in [0, 0.05) is 23.7 Å². The highest BCUT2D eigenvalue weighted by molar-refractivity contribution is 5.97. The minimum atomic E-state index is -0.131. The van der Waals surface area contributed by atoms with Gasteiger partial charge in [-0.1, -0.05) is 30.3 Å². The molecular weight excluding hydrogens is 364 g/mol. The summed E-state index contributed by atoms with van der Waals surface area (Å²) in [7, 11) is 0. The normalized spacial score (nSPS) is 12.2. The third kappa shape index (κ3) is 4.37. The van der Waals surface area contributed by atoms with Crippen molar-refractivity contribution in [1.29, 1.82) is 0 Å². The lowest BCUT2D eigenvalue weighted by atomic mass is 10.1. The Kier molecular flexibility index (Phi) is 5.16. The van der Waals surface area contributed by atoms with Crippen molar-refractivity contribution in [3.63, 3.8) is 0 Å². The second-order valence-electron chi connectivity index (χ2n) is 7.44. The first-order valence-corrected chi connectivity index (χ1v) is 9.73. The van der Waals surface area contributed by atoms with Gasteiger partial charge in [-0.15, -0.1) is 0 Å². The molecule has 0 bridgehead atoms. The van der Waals surface area contributed by atoms with E-state index in [-0.39, 0.29) is 11.9 Å². The third-order valence-corrected chi connectivity index (χ3v) is 4.82. The van der Waals surface area contributed by atoms with Crippen LogP contribution in [0, 0.1) is 13.8 Å². The minimum absolute atomic E-state index is 0.0536. The zero-order valence-electron chi connectivity index (χ0n) is 16.8. The minimum Gasteiger partial charge on any atom is -0.440 e. The van der Waals surface area contributed by atoms with Crippen molar-refractivity contribution in [2.24, 2.45) is 0 Å². The van der Waals surface area contributed by atoms with Gasteiger partial charge < -0.3 is 9.73 Å². The molecule has 0 aliphatic heterocycles. The summed E-state index contributed by atoms with van der Waals surface area (Å²) < 4.78 is 7.74. The van der Waals surface area contributed by atoms with Crippen molar-refractivity contribution in [2.45, 2.75) is 39.8 Å². The molecule has 4 aromatic rings. The van der Waals surface area contributed by atoms with E-state index >= 15 is 0 Å². The summed E-state index contributed by atoms with van der Waals surface area (Å²) in [4.78, 5) is 17.2. The van der Waals surface area contributed by atoms with E-state index in [0.29, 0.717) is 35.5 Å². The molecule has 0 spiro atoms. The number of hydrogen-bond acceptors (Lipinski definition) is 4. The van der Waals surface area contributed by atoms with E-state index in [4.69, 9.17) is 4.42 Å². The van der Waals surface area contributed by atoms with Crippen LogP contribution in [0.15, 0.2) is 59.0 Å². The second kappa shape index (κ2) is 7.91. The lowest BCUT2D eigenvalue weighted by molar-refractivity contribution is 0.0936. The standard InChI is InChI=1S/C23H24N4O2/c1-15-11-17(3)27(26-15)14-16(2)24-23(28)19-9-10-21-20(13-19)25-22(29-21)12-18-7-5-4-6-8-18/h4-11,13,16H,12,14H2,1-3H3,(H,24,28)/t16-/m0/s1. The maximum absolute atomic E-state index is 12.7. The van der Waals surface area contributed by atoms with Gasteiger partial charge in [0.2, 0.25) is 0 Å². The van der Waals surface area contributed by atoms with Crippen LogP contribution in [0.3, 0.4) is 0 Å².